The third-order valence-corrected chi connectivity index (χ3v) is 3.11. The number of hydrogen-bond acceptors (Lipinski definition) is 1. The van der Waals surface area contributed by atoms with Gasteiger partial charge < -0.3 is 0 Å². The number of benzene rings is 2. The van der Waals surface area contributed by atoms with Crippen molar-refractivity contribution in [3.63, 3.8) is 0 Å². The average molecular weight is 263 g/mol. The Bertz CT molecular complexity index is 620. The SMILES string of the molecule is Cc1ccc(C(=O)c2cc(Cl)ccc2C)cc1F. The van der Waals surface area contributed by atoms with Crippen LogP contribution in [0.4, 0.5) is 4.39 Å². The molecule has 92 valence electrons. The summed E-state index contributed by atoms with van der Waals surface area (Å²) in [6, 6.07) is 9.60. The summed E-state index contributed by atoms with van der Waals surface area (Å²) in [5, 5.41) is 0.497. The molecule has 0 aliphatic rings. The summed E-state index contributed by atoms with van der Waals surface area (Å²) in [7, 11) is 0. The first-order valence-corrected chi connectivity index (χ1v) is 5.94. The van der Waals surface area contributed by atoms with Crippen LogP contribution in [0.3, 0.4) is 0 Å². The molecule has 0 bridgehead atoms. The Morgan fingerprint density at radius 3 is 2.39 bits per heavy atom. The molecule has 0 saturated carbocycles. The molecule has 0 saturated heterocycles. The highest BCUT2D eigenvalue weighted by Crippen LogP contribution is 2.20. The van der Waals surface area contributed by atoms with Gasteiger partial charge in [0.05, 0.1) is 0 Å². The highest BCUT2D eigenvalue weighted by Gasteiger charge is 2.13. The van der Waals surface area contributed by atoms with Gasteiger partial charge in [0.1, 0.15) is 5.82 Å². The summed E-state index contributed by atoms with van der Waals surface area (Å²) in [6.07, 6.45) is 0. The molecule has 0 aliphatic carbocycles. The fourth-order valence-electron chi connectivity index (χ4n) is 1.73. The maximum absolute atomic E-state index is 13.5. The second-order valence-electron chi connectivity index (χ2n) is 4.25. The predicted octanol–water partition coefficient (Wildman–Crippen LogP) is 4.33. The number of ketones is 1. The van der Waals surface area contributed by atoms with Crippen molar-refractivity contribution < 1.29 is 9.18 Å². The summed E-state index contributed by atoms with van der Waals surface area (Å²) in [5.41, 5.74) is 2.19. The number of hydrogen-bond donors (Lipinski definition) is 0. The molecule has 0 radical (unpaired) electrons. The molecular weight excluding hydrogens is 251 g/mol. The van der Waals surface area contributed by atoms with Crippen molar-refractivity contribution >= 4 is 17.4 Å². The molecule has 0 aromatic heterocycles. The fourth-order valence-corrected chi connectivity index (χ4v) is 1.90. The van der Waals surface area contributed by atoms with Gasteiger partial charge in [0.25, 0.3) is 0 Å². The molecule has 2 aromatic rings. The Morgan fingerprint density at radius 2 is 1.72 bits per heavy atom. The van der Waals surface area contributed by atoms with E-state index in [0.29, 0.717) is 21.7 Å². The molecule has 0 aliphatic heterocycles. The van der Waals surface area contributed by atoms with E-state index < -0.39 is 0 Å². The van der Waals surface area contributed by atoms with Crippen LogP contribution >= 0.6 is 11.6 Å². The lowest BCUT2D eigenvalue weighted by Crippen LogP contribution is -2.04. The average Bonchev–Trinajstić information content (AvgIpc) is 2.35. The molecule has 18 heavy (non-hydrogen) atoms. The number of halogens is 2. The van der Waals surface area contributed by atoms with E-state index in [-0.39, 0.29) is 11.6 Å². The van der Waals surface area contributed by atoms with Crippen molar-refractivity contribution in [3.8, 4) is 0 Å². The molecule has 2 aromatic carbocycles. The van der Waals surface area contributed by atoms with Gasteiger partial charge in [0.2, 0.25) is 0 Å². The van der Waals surface area contributed by atoms with Crippen LogP contribution in [0.5, 0.6) is 0 Å². The first kappa shape index (κ1) is 12.8. The van der Waals surface area contributed by atoms with E-state index in [1.807, 2.05) is 6.92 Å². The Morgan fingerprint density at radius 1 is 1.06 bits per heavy atom. The van der Waals surface area contributed by atoms with Crippen LogP contribution in [0.15, 0.2) is 36.4 Å². The summed E-state index contributed by atoms with van der Waals surface area (Å²) in [6.45, 7) is 3.49. The lowest BCUT2D eigenvalue weighted by Gasteiger charge is -2.06. The smallest absolute Gasteiger partial charge is 0.193 e. The first-order valence-electron chi connectivity index (χ1n) is 5.56. The quantitative estimate of drug-likeness (QED) is 0.737. The van der Waals surface area contributed by atoms with E-state index >= 15 is 0 Å². The van der Waals surface area contributed by atoms with Gasteiger partial charge in [-0.05, 0) is 43.2 Å². The zero-order valence-corrected chi connectivity index (χ0v) is 10.9. The van der Waals surface area contributed by atoms with Crippen molar-refractivity contribution in [2.75, 3.05) is 0 Å². The summed E-state index contributed by atoms with van der Waals surface area (Å²) >= 11 is 5.88. The van der Waals surface area contributed by atoms with Gasteiger partial charge in [-0.1, -0.05) is 29.8 Å². The Kier molecular flexibility index (Phi) is 3.48. The third kappa shape index (κ3) is 2.44. The minimum atomic E-state index is -0.375. The minimum Gasteiger partial charge on any atom is -0.289 e. The highest BCUT2D eigenvalue weighted by atomic mass is 35.5. The summed E-state index contributed by atoms with van der Waals surface area (Å²) in [4.78, 5) is 12.3. The standard InChI is InChI=1S/C15H12ClFO/c1-9-4-6-12(16)8-13(9)15(18)11-5-3-10(2)14(17)7-11/h3-8H,1-2H3. The minimum absolute atomic E-state index is 0.214. The molecule has 2 rings (SSSR count). The van der Waals surface area contributed by atoms with Gasteiger partial charge in [0, 0.05) is 16.1 Å². The monoisotopic (exact) mass is 262 g/mol. The Balaban J connectivity index is 2.47. The third-order valence-electron chi connectivity index (χ3n) is 2.88. The van der Waals surface area contributed by atoms with Gasteiger partial charge >= 0.3 is 0 Å². The zero-order valence-electron chi connectivity index (χ0n) is 10.1. The second kappa shape index (κ2) is 4.91. The zero-order chi connectivity index (χ0) is 13.3. The first-order chi connectivity index (χ1) is 8.49. The van der Waals surface area contributed by atoms with Crippen LogP contribution in [0.2, 0.25) is 5.02 Å². The molecule has 0 unspecified atom stereocenters. The van der Waals surface area contributed by atoms with Crippen molar-refractivity contribution in [3.05, 3.63) is 69.5 Å². The van der Waals surface area contributed by atoms with Crippen LogP contribution in [0.1, 0.15) is 27.0 Å². The second-order valence-corrected chi connectivity index (χ2v) is 4.69. The molecule has 0 amide bonds. The molecule has 0 spiro atoms. The van der Waals surface area contributed by atoms with Crippen LogP contribution in [0.25, 0.3) is 0 Å². The number of rotatable bonds is 2. The Labute approximate surface area is 110 Å². The van der Waals surface area contributed by atoms with Crippen LogP contribution in [0, 0.1) is 19.7 Å². The lowest BCUT2D eigenvalue weighted by atomic mass is 9.98. The number of aryl methyl sites for hydroxylation is 2. The van der Waals surface area contributed by atoms with E-state index in [1.165, 1.54) is 6.07 Å². The molecule has 1 nitrogen and oxygen atoms in total. The fraction of sp³-hybridized carbons (Fsp3) is 0.133. The lowest BCUT2D eigenvalue weighted by molar-refractivity contribution is 0.103. The largest absolute Gasteiger partial charge is 0.289 e. The van der Waals surface area contributed by atoms with Crippen LogP contribution < -0.4 is 0 Å². The number of carbonyl (C=O) groups is 1. The Hall–Kier alpha value is -1.67. The number of carbonyl (C=O) groups excluding carboxylic acids is 1. The van der Waals surface area contributed by atoms with Crippen molar-refractivity contribution in [2.24, 2.45) is 0 Å². The van der Waals surface area contributed by atoms with Crippen molar-refractivity contribution in [1.82, 2.24) is 0 Å². The van der Waals surface area contributed by atoms with Crippen LogP contribution in [-0.4, -0.2) is 5.78 Å². The molecule has 0 fully saturated rings. The topological polar surface area (TPSA) is 17.1 Å². The summed E-state index contributed by atoms with van der Waals surface area (Å²) < 4.78 is 13.5. The maximum atomic E-state index is 13.5. The normalized spacial score (nSPS) is 10.4. The molecule has 3 heteroatoms. The van der Waals surface area contributed by atoms with E-state index in [4.69, 9.17) is 11.6 Å². The maximum Gasteiger partial charge on any atom is 0.193 e. The summed E-state index contributed by atoms with van der Waals surface area (Å²) in [5.74, 6) is -0.588. The van der Waals surface area contributed by atoms with Gasteiger partial charge in [-0.25, -0.2) is 4.39 Å². The van der Waals surface area contributed by atoms with E-state index in [0.717, 1.165) is 5.56 Å². The van der Waals surface area contributed by atoms with Crippen LogP contribution in [-0.2, 0) is 0 Å². The van der Waals surface area contributed by atoms with E-state index in [1.54, 1.807) is 37.3 Å². The molecular formula is C15H12ClFO. The van der Waals surface area contributed by atoms with Crippen molar-refractivity contribution in [1.29, 1.82) is 0 Å². The molecule has 0 atom stereocenters. The van der Waals surface area contributed by atoms with Gasteiger partial charge in [-0.2, -0.15) is 0 Å². The highest BCUT2D eigenvalue weighted by molar-refractivity contribution is 6.31. The molecule has 0 heterocycles. The molecule has 0 N–H and O–H groups in total. The van der Waals surface area contributed by atoms with E-state index in [2.05, 4.69) is 0 Å². The van der Waals surface area contributed by atoms with Gasteiger partial charge in [-0.15, -0.1) is 0 Å². The van der Waals surface area contributed by atoms with E-state index in [9.17, 15) is 9.18 Å². The van der Waals surface area contributed by atoms with Gasteiger partial charge in [-0.3, -0.25) is 4.79 Å². The van der Waals surface area contributed by atoms with Crippen molar-refractivity contribution in [2.45, 2.75) is 13.8 Å². The van der Waals surface area contributed by atoms with Gasteiger partial charge in [0.15, 0.2) is 5.78 Å². The predicted molar refractivity (Wildman–Crippen MR) is 70.8 cm³/mol.